The molecule has 16 heavy (non-hydrogen) atoms. The second kappa shape index (κ2) is 7.06. The summed E-state index contributed by atoms with van der Waals surface area (Å²) in [6, 6.07) is 7.31. The minimum Gasteiger partial charge on any atom is -0.489 e. The molecule has 0 aliphatic carbocycles. The normalized spacial score (nSPS) is 10.4. The van der Waals surface area contributed by atoms with Gasteiger partial charge in [-0.05, 0) is 12.1 Å². The fourth-order valence-electron chi connectivity index (χ4n) is 1.14. The van der Waals surface area contributed by atoms with Gasteiger partial charge in [0.1, 0.15) is 12.4 Å². The minimum absolute atomic E-state index is 0.0867. The average molecular weight is 284 g/mol. The van der Waals surface area contributed by atoms with Crippen LogP contribution in [0.1, 0.15) is 6.92 Å². The van der Waals surface area contributed by atoms with E-state index in [0.29, 0.717) is 6.61 Å². The molecule has 0 atom stereocenters. The first-order valence-corrected chi connectivity index (χ1v) is 6.06. The third kappa shape index (κ3) is 4.98. The van der Waals surface area contributed by atoms with Gasteiger partial charge in [-0.3, -0.25) is 4.79 Å². The predicted molar refractivity (Wildman–Crippen MR) is 69.2 cm³/mol. The number of hydrogen-bond acceptors (Lipinski definition) is 2. The number of hydrogen-bond donors (Lipinski definition) is 1. The van der Waals surface area contributed by atoms with Crippen LogP contribution in [0.25, 0.3) is 0 Å². The summed E-state index contributed by atoms with van der Waals surface area (Å²) in [5, 5.41) is 3.52. The lowest BCUT2D eigenvalue weighted by Gasteiger charge is -2.06. The highest BCUT2D eigenvalue weighted by molar-refractivity contribution is 9.09. The van der Waals surface area contributed by atoms with Gasteiger partial charge < -0.3 is 10.1 Å². The molecule has 0 spiro atoms. The van der Waals surface area contributed by atoms with Gasteiger partial charge >= 0.3 is 0 Å². The summed E-state index contributed by atoms with van der Waals surface area (Å²) in [4.78, 5) is 10.9. The Morgan fingerprint density at radius 3 is 3.00 bits per heavy atom. The SMILES string of the molecule is CC(=O)Nc1cccc(OCC=CCBr)c1. The Morgan fingerprint density at radius 1 is 1.50 bits per heavy atom. The highest BCUT2D eigenvalue weighted by atomic mass is 79.9. The highest BCUT2D eigenvalue weighted by Crippen LogP contribution is 2.17. The van der Waals surface area contributed by atoms with Gasteiger partial charge in [0.15, 0.2) is 0 Å². The second-order valence-electron chi connectivity index (χ2n) is 3.15. The van der Waals surface area contributed by atoms with Crippen LogP contribution < -0.4 is 10.1 Å². The molecule has 0 fully saturated rings. The molecule has 0 radical (unpaired) electrons. The Balaban J connectivity index is 2.53. The third-order valence-corrected chi connectivity index (χ3v) is 2.13. The van der Waals surface area contributed by atoms with Crippen LogP contribution in [0.15, 0.2) is 36.4 Å². The van der Waals surface area contributed by atoms with Crippen molar-refractivity contribution in [2.45, 2.75) is 6.92 Å². The number of allylic oxidation sites excluding steroid dienone is 1. The Labute approximate surface area is 104 Å². The van der Waals surface area contributed by atoms with E-state index in [0.717, 1.165) is 16.8 Å². The van der Waals surface area contributed by atoms with E-state index in [4.69, 9.17) is 4.74 Å². The maximum Gasteiger partial charge on any atom is 0.221 e. The van der Waals surface area contributed by atoms with Crippen LogP contribution in [0.3, 0.4) is 0 Å². The summed E-state index contributed by atoms with van der Waals surface area (Å²) in [5.74, 6) is 0.654. The predicted octanol–water partition coefficient (Wildman–Crippen LogP) is 2.97. The van der Waals surface area contributed by atoms with Crippen molar-refractivity contribution in [3.63, 3.8) is 0 Å². The molecule has 0 bridgehead atoms. The van der Waals surface area contributed by atoms with Gasteiger partial charge in [-0.15, -0.1) is 0 Å². The van der Waals surface area contributed by atoms with E-state index in [-0.39, 0.29) is 5.91 Å². The van der Waals surface area contributed by atoms with E-state index < -0.39 is 0 Å². The van der Waals surface area contributed by atoms with Gasteiger partial charge in [0, 0.05) is 24.0 Å². The molecule has 0 aromatic heterocycles. The third-order valence-electron chi connectivity index (χ3n) is 1.76. The van der Waals surface area contributed by atoms with Gasteiger partial charge in [-0.2, -0.15) is 0 Å². The summed E-state index contributed by atoms with van der Waals surface area (Å²) in [6.45, 7) is 2.00. The molecule has 0 heterocycles. The molecular weight excluding hydrogens is 270 g/mol. The number of ether oxygens (including phenoxy) is 1. The van der Waals surface area contributed by atoms with E-state index in [1.807, 2.05) is 30.4 Å². The quantitative estimate of drug-likeness (QED) is 0.667. The smallest absolute Gasteiger partial charge is 0.221 e. The number of carbonyl (C=O) groups excluding carboxylic acids is 1. The first-order chi connectivity index (χ1) is 7.72. The molecular formula is C12H14BrNO2. The molecule has 0 saturated heterocycles. The van der Waals surface area contributed by atoms with Crippen molar-refractivity contribution in [3.8, 4) is 5.75 Å². The van der Waals surface area contributed by atoms with Crippen molar-refractivity contribution < 1.29 is 9.53 Å². The molecule has 0 aliphatic heterocycles. The van der Waals surface area contributed by atoms with Crippen LogP contribution in [0.2, 0.25) is 0 Å². The summed E-state index contributed by atoms with van der Waals surface area (Å²) in [7, 11) is 0. The van der Waals surface area contributed by atoms with E-state index in [1.165, 1.54) is 6.92 Å². The van der Waals surface area contributed by atoms with E-state index in [2.05, 4.69) is 21.2 Å². The average Bonchev–Trinajstić information content (AvgIpc) is 2.24. The van der Waals surface area contributed by atoms with E-state index in [1.54, 1.807) is 6.07 Å². The highest BCUT2D eigenvalue weighted by Gasteiger charge is 1.97. The topological polar surface area (TPSA) is 38.3 Å². The first kappa shape index (κ1) is 12.8. The maximum absolute atomic E-state index is 10.9. The van der Waals surface area contributed by atoms with Crippen LogP contribution in [0, 0.1) is 0 Å². The van der Waals surface area contributed by atoms with Crippen molar-refractivity contribution >= 4 is 27.5 Å². The van der Waals surface area contributed by atoms with Gasteiger partial charge in [-0.25, -0.2) is 0 Å². The fourth-order valence-corrected chi connectivity index (χ4v) is 1.41. The Hall–Kier alpha value is -1.29. The van der Waals surface area contributed by atoms with Gasteiger partial charge in [0.25, 0.3) is 0 Å². The summed E-state index contributed by atoms with van der Waals surface area (Å²) >= 11 is 3.28. The number of halogens is 1. The summed E-state index contributed by atoms with van der Waals surface area (Å²) < 4.78 is 5.47. The molecule has 4 heteroatoms. The Morgan fingerprint density at radius 2 is 2.31 bits per heavy atom. The van der Waals surface area contributed by atoms with Crippen LogP contribution in [0.5, 0.6) is 5.75 Å². The molecule has 3 nitrogen and oxygen atoms in total. The Kier molecular flexibility index (Phi) is 5.64. The van der Waals surface area contributed by atoms with Gasteiger partial charge in [0.05, 0.1) is 0 Å². The Bertz CT molecular complexity index is 377. The van der Waals surface area contributed by atoms with Crippen molar-refractivity contribution in [1.29, 1.82) is 0 Å². The minimum atomic E-state index is -0.0867. The van der Waals surface area contributed by atoms with E-state index in [9.17, 15) is 4.79 Å². The van der Waals surface area contributed by atoms with Gasteiger partial charge in [0.2, 0.25) is 5.91 Å². The lowest BCUT2D eigenvalue weighted by atomic mass is 10.3. The zero-order valence-corrected chi connectivity index (χ0v) is 10.7. The van der Waals surface area contributed by atoms with Crippen molar-refractivity contribution in [2.24, 2.45) is 0 Å². The standard InChI is InChI=1S/C12H14BrNO2/c1-10(15)14-11-5-4-6-12(9-11)16-8-3-2-7-13/h2-6,9H,7-8H2,1H3,(H,14,15). The molecule has 0 saturated carbocycles. The zero-order valence-electron chi connectivity index (χ0n) is 9.07. The summed E-state index contributed by atoms with van der Waals surface area (Å²) in [6.07, 6.45) is 3.90. The number of carbonyl (C=O) groups is 1. The first-order valence-electron chi connectivity index (χ1n) is 4.94. The fraction of sp³-hybridized carbons (Fsp3) is 0.250. The largest absolute Gasteiger partial charge is 0.489 e. The van der Waals surface area contributed by atoms with Crippen molar-refractivity contribution in [1.82, 2.24) is 0 Å². The number of benzene rings is 1. The lowest BCUT2D eigenvalue weighted by Crippen LogP contribution is -2.05. The molecule has 1 aromatic rings. The number of rotatable bonds is 5. The summed E-state index contributed by atoms with van der Waals surface area (Å²) in [5.41, 5.74) is 0.745. The van der Waals surface area contributed by atoms with E-state index >= 15 is 0 Å². The number of alkyl halides is 1. The van der Waals surface area contributed by atoms with Crippen LogP contribution in [-0.4, -0.2) is 17.8 Å². The van der Waals surface area contributed by atoms with Crippen LogP contribution in [0.4, 0.5) is 5.69 Å². The number of anilines is 1. The zero-order chi connectivity index (χ0) is 11.8. The number of nitrogens with one attached hydrogen (secondary N) is 1. The molecule has 86 valence electrons. The molecule has 1 amide bonds. The van der Waals surface area contributed by atoms with Crippen LogP contribution >= 0.6 is 15.9 Å². The maximum atomic E-state index is 10.9. The lowest BCUT2D eigenvalue weighted by molar-refractivity contribution is -0.114. The van der Waals surface area contributed by atoms with Crippen molar-refractivity contribution in [3.05, 3.63) is 36.4 Å². The number of amides is 1. The molecule has 0 aliphatic rings. The molecule has 1 rings (SSSR count). The monoisotopic (exact) mass is 283 g/mol. The molecule has 0 unspecified atom stereocenters. The second-order valence-corrected chi connectivity index (χ2v) is 3.79. The van der Waals surface area contributed by atoms with Gasteiger partial charge in [-0.1, -0.05) is 34.1 Å². The van der Waals surface area contributed by atoms with Crippen molar-refractivity contribution in [2.75, 3.05) is 17.3 Å². The molecule has 1 aromatic carbocycles. The molecule has 1 N–H and O–H groups in total. The van der Waals surface area contributed by atoms with Crippen LogP contribution in [-0.2, 0) is 4.79 Å².